The molecule has 4 nitrogen and oxygen atoms in total. The number of hydrogen-bond donors (Lipinski definition) is 1. The van der Waals surface area contributed by atoms with E-state index in [2.05, 4.69) is 10.2 Å². The molecule has 1 amide bonds. The average Bonchev–Trinajstić information content (AvgIpc) is 3.05. The molecule has 2 aromatic heterocycles. The summed E-state index contributed by atoms with van der Waals surface area (Å²) < 4.78 is 1.14. The lowest BCUT2D eigenvalue weighted by Crippen LogP contribution is -2.25. The van der Waals surface area contributed by atoms with Crippen molar-refractivity contribution in [3.8, 4) is 0 Å². The second-order valence-corrected chi connectivity index (χ2v) is 5.50. The molecule has 0 radical (unpaired) electrons. The van der Waals surface area contributed by atoms with Crippen molar-refractivity contribution < 1.29 is 4.79 Å². The molecule has 0 bridgehead atoms. The third kappa shape index (κ3) is 2.37. The van der Waals surface area contributed by atoms with E-state index in [-0.39, 0.29) is 5.91 Å². The molecule has 1 N–H and O–H groups in total. The molecule has 0 aliphatic carbocycles. The Balaban J connectivity index is 1.82. The number of hydrogen-bond acceptors (Lipinski definition) is 3. The summed E-state index contributed by atoms with van der Waals surface area (Å²) in [4.78, 5) is 14.8. The smallest absolute Gasteiger partial charge is 0.264 e. The maximum absolute atomic E-state index is 12.3. The fourth-order valence-corrected chi connectivity index (χ4v) is 3.04. The summed E-state index contributed by atoms with van der Waals surface area (Å²) in [5.74, 6) is 0.0439. The van der Waals surface area contributed by atoms with E-state index in [0.29, 0.717) is 6.54 Å². The molecule has 1 aromatic carbocycles. The second kappa shape index (κ2) is 4.85. The number of benzene rings is 1. The lowest BCUT2D eigenvalue weighted by Gasteiger charge is -2.14. The number of thiophene rings is 1. The van der Waals surface area contributed by atoms with Crippen molar-refractivity contribution >= 4 is 27.3 Å². The molecule has 0 fully saturated rings. The van der Waals surface area contributed by atoms with Crippen LogP contribution in [0.15, 0.2) is 42.7 Å². The summed E-state index contributed by atoms with van der Waals surface area (Å²) in [5.41, 5.74) is 0.997. The summed E-state index contributed by atoms with van der Waals surface area (Å²) in [5, 5.41) is 7.75. The molecule has 0 saturated heterocycles. The molecule has 0 spiro atoms. The van der Waals surface area contributed by atoms with Crippen LogP contribution in [0.5, 0.6) is 0 Å². The number of nitrogens with one attached hydrogen (secondary N) is 1. The van der Waals surface area contributed by atoms with E-state index in [1.165, 1.54) is 11.3 Å². The van der Waals surface area contributed by atoms with Crippen LogP contribution in [0, 0.1) is 0 Å². The minimum absolute atomic E-state index is 0.0439. The van der Waals surface area contributed by atoms with E-state index in [9.17, 15) is 4.79 Å². The first kappa shape index (κ1) is 11.9. The van der Waals surface area contributed by atoms with Crippen LogP contribution in [0.2, 0.25) is 0 Å². The monoisotopic (exact) mass is 271 g/mol. The molecule has 5 heteroatoms. The second-order valence-electron chi connectivity index (χ2n) is 4.42. The Hall–Kier alpha value is -2.14. The Bertz CT molecular complexity index is 669. The van der Waals surface area contributed by atoms with E-state index in [1.807, 2.05) is 30.3 Å². The molecular formula is C14H13N3OS. The number of H-pyrrole nitrogens is 1. The van der Waals surface area contributed by atoms with Gasteiger partial charge < -0.3 is 4.90 Å². The van der Waals surface area contributed by atoms with Crippen molar-refractivity contribution in [1.29, 1.82) is 0 Å². The highest BCUT2D eigenvalue weighted by Gasteiger charge is 2.15. The molecule has 96 valence electrons. The number of aromatic amines is 1. The number of carbonyl (C=O) groups excluding carboxylic acids is 1. The predicted octanol–water partition coefficient (Wildman–Crippen LogP) is 2.90. The number of aromatic nitrogens is 2. The van der Waals surface area contributed by atoms with E-state index in [1.54, 1.807) is 24.3 Å². The third-order valence-electron chi connectivity index (χ3n) is 2.96. The molecule has 19 heavy (non-hydrogen) atoms. The number of rotatable bonds is 3. The summed E-state index contributed by atoms with van der Waals surface area (Å²) in [6, 6.07) is 9.99. The maximum atomic E-state index is 12.3. The van der Waals surface area contributed by atoms with E-state index >= 15 is 0 Å². The average molecular weight is 271 g/mol. The van der Waals surface area contributed by atoms with Crippen LogP contribution in [0.3, 0.4) is 0 Å². The first-order valence-electron chi connectivity index (χ1n) is 5.96. The number of amides is 1. The molecular weight excluding hydrogens is 258 g/mol. The normalized spacial score (nSPS) is 10.8. The highest BCUT2D eigenvalue weighted by Crippen LogP contribution is 2.26. The van der Waals surface area contributed by atoms with Gasteiger partial charge in [0.05, 0.1) is 11.1 Å². The standard InChI is InChI=1S/C14H13N3OS/c1-17(9-10-7-15-16-8-10)14(18)13-6-11-4-2-3-5-12(11)19-13/h2-8H,9H2,1H3,(H,15,16). The third-order valence-corrected chi connectivity index (χ3v) is 4.06. The van der Waals surface area contributed by atoms with Crippen LogP contribution in [0.4, 0.5) is 0 Å². The summed E-state index contributed by atoms with van der Waals surface area (Å²) in [6.45, 7) is 0.559. The lowest BCUT2D eigenvalue weighted by atomic mass is 10.2. The Kier molecular flexibility index (Phi) is 3.05. The Morgan fingerprint density at radius 2 is 2.26 bits per heavy atom. The number of carbonyl (C=O) groups is 1. The largest absolute Gasteiger partial charge is 0.337 e. The van der Waals surface area contributed by atoms with Gasteiger partial charge in [0.15, 0.2) is 0 Å². The molecule has 0 unspecified atom stereocenters. The van der Waals surface area contributed by atoms with Gasteiger partial charge in [0.1, 0.15) is 0 Å². The van der Waals surface area contributed by atoms with Crippen LogP contribution in [-0.4, -0.2) is 28.1 Å². The zero-order valence-corrected chi connectivity index (χ0v) is 11.3. The van der Waals surface area contributed by atoms with Gasteiger partial charge >= 0.3 is 0 Å². The Labute approximate surface area is 114 Å². The van der Waals surface area contributed by atoms with Crippen molar-refractivity contribution in [2.75, 3.05) is 7.05 Å². The van der Waals surface area contributed by atoms with Crippen molar-refractivity contribution in [1.82, 2.24) is 15.1 Å². The minimum Gasteiger partial charge on any atom is -0.337 e. The van der Waals surface area contributed by atoms with Crippen molar-refractivity contribution in [3.05, 3.63) is 53.2 Å². The summed E-state index contributed by atoms with van der Waals surface area (Å²) in [6.07, 6.45) is 3.53. The summed E-state index contributed by atoms with van der Waals surface area (Å²) in [7, 11) is 1.81. The van der Waals surface area contributed by atoms with Crippen LogP contribution >= 0.6 is 11.3 Å². The predicted molar refractivity (Wildman–Crippen MR) is 76.2 cm³/mol. The van der Waals surface area contributed by atoms with Gasteiger partial charge in [-0.1, -0.05) is 18.2 Å². The SMILES string of the molecule is CN(Cc1cn[nH]c1)C(=O)c1cc2ccccc2s1. The van der Waals surface area contributed by atoms with Gasteiger partial charge in [-0.25, -0.2) is 0 Å². The highest BCUT2D eigenvalue weighted by atomic mass is 32.1. The molecule has 3 aromatic rings. The number of nitrogens with zero attached hydrogens (tertiary/aromatic N) is 2. The topological polar surface area (TPSA) is 49.0 Å². The fraction of sp³-hybridized carbons (Fsp3) is 0.143. The van der Waals surface area contributed by atoms with Crippen molar-refractivity contribution in [2.24, 2.45) is 0 Å². The van der Waals surface area contributed by atoms with Crippen molar-refractivity contribution in [3.63, 3.8) is 0 Å². The summed E-state index contributed by atoms with van der Waals surface area (Å²) >= 11 is 1.53. The molecule has 3 rings (SSSR count). The Morgan fingerprint density at radius 1 is 1.42 bits per heavy atom. The van der Waals surface area contributed by atoms with Gasteiger partial charge in [0, 0.05) is 30.1 Å². The molecule has 0 aliphatic heterocycles. The number of fused-ring (bicyclic) bond motifs is 1. The minimum atomic E-state index is 0.0439. The van der Waals surface area contributed by atoms with Crippen LogP contribution < -0.4 is 0 Å². The van der Waals surface area contributed by atoms with Gasteiger partial charge in [-0.3, -0.25) is 9.89 Å². The maximum Gasteiger partial charge on any atom is 0.264 e. The quantitative estimate of drug-likeness (QED) is 0.796. The van der Waals surface area contributed by atoms with Crippen LogP contribution in [0.1, 0.15) is 15.2 Å². The highest BCUT2D eigenvalue weighted by molar-refractivity contribution is 7.20. The first-order valence-corrected chi connectivity index (χ1v) is 6.77. The molecule has 0 atom stereocenters. The van der Waals surface area contributed by atoms with Crippen LogP contribution in [0.25, 0.3) is 10.1 Å². The van der Waals surface area contributed by atoms with Gasteiger partial charge in [-0.15, -0.1) is 11.3 Å². The van der Waals surface area contributed by atoms with Crippen molar-refractivity contribution in [2.45, 2.75) is 6.54 Å². The van der Waals surface area contributed by atoms with Gasteiger partial charge in [-0.05, 0) is 17.5 Å². The first-order chi connectivity index (χ1) is 9.24. The van der Waals surface area contributed by atoms with Gasteiger partial charge in [0.25, 0.3) is 5.91 Å². The molecule has 2 heterocycles. The van der Waals surface area contributed by atoms with Gasteiger partial charge in [-0.2, -0.15) is 5.10 Å². The zero-order valence-electron chi connectivity index (χ0n) is 10.5. The van der Waals surface area contributed by atoms with Gasteiger partial charge in [0.2, 0.25) is 0 Å². The Morgan fingerprint density at radius 3 is 3.00 bits per heavy atom. The van der Waals surface area contributed by atoms with Crippen LogP contribution in [-0.2, 0) is 6.54 Å². The van der Waals surface area contributed by atoms with E-state index in [0.717, 1.165) is 20.5 Å². The van der Waals surface area contributed by atoms with E-state index < -0.39 is 0 Å². The van der Waals surface area contributed by atoms with E-state index in [4.69, 9.17) is 0 Å². The molecule has 0 saturated carbocycles. The zero-order chi connectivity index (χ0) is 13.2. The fourth-order valence-electron chi connectivity index (χ4n) is 1.99. The lowest BCUT2D eigenvalue weighted by molar-refractivity contribution is 0.0790. The molecule has 0 aliphatic rings.